The monoisotopic (exact) mass is 345 g/mol. The van der Waals surface area contributed by atoms with Crippen molar-refractivity contribution in [1.29, 1.82) is 0 Å². The molecule has 2 heterocycles. The third-order valence-electron chi connectivity index (χ3n) is 2.82. The molecule has 0 aromatic carbocycles. The van der Waals surface area contributed by atoms with E-state index in [1.165, 1.54) is 21.7 Å². The van der Waals surface area contributed by atoms with Gasteiger partial charge in [-0.15, -0.1) is 22.7 Å². The highest BCUT2D eigenvalue weighted by Gasteiger charge is 2.25. The molecule has 8 heteroatoms. The quantitative estimate of drug-likeness (QED) is 0.837. The summed E-state index contributed by atoms with van der Waals surface area (Å²) in [5.74, 6) is -0.966. The minimum Gasteiger partial charge on any atom is -0.481 e. The highest BCUT2D eigenvalue weighted by Crippen LogP contribution is 2.27. The molecule has 0 saturated carbocycles. The number of hydrogen-bond donors (Lipinski definition) is 1. The Balaban J connectivity index is 2.22. The maximum absolute atomic E-state index is 12.6. The lowest BCUT2D eigenvalue weighted by Gasteiger charge is -2.18. The Labute approximate surface area is 131 Å². The number of hydrogen-bond acceptors (Lipinski definition) is 5. The predicted octanol–water partition coefficient (Wildman–Crippen LogP) is 2.65. The van der Waals surface area contributed by atoms with Gasteiger partial charge in [0, 0.05) is 22.8 Å². The number of nitrogens with zero attached hydrogens (tertiary/aromatic N) is 1. The molecule has 2 rings (SSSR count). The second-order valence-electron chi connectivity index (χ2n) is 4.30. The Hall–Kier alpha value is -1.22. The van der Waals surface area contributed by atoms with Crippen LogP contribution in [0, 0.1) is 0 Å². The van der Waals surface area contributed by atoms with Gasteiger partial charge in [-0.2, -0.15) is 4.31 Å². The van der Waals surface area contributed by atoms with Gasteiger partial charge in [-0.3, -0.25) is 4.79 Å². The van der Waals surface area contributed by atoms with Gasteiger partial charge in [0.05, 0.1) is 6.42 Å². The van der Waals surface area contributed by atoms with Crippen molar-refractivity contribution in [3.63, 3.8) is 0 Å². The van der Waals surface area contributed by atoms with E-state index in [4.69, 9.17) is 5.11 Å². The first-order valence-corrected chi connectivity index (χ1v) is 9.40. The molecule has 5 nitrogen and oxygen atoms in total. The highest BCUT2D eigenvalue weighted by atomic mass is 32.2. The molecular formula is C13H15NO4S3. The fourth-order valence-electron chi connectivity index (χ4n) is 1.81. The first kappa shape index (κ1) is 16.2. The molecule has 0 radical (unpaired) electrons. The Kier molecular flexibility index (Phi) is 5.15. The van der Waals surface area contributed by atoms with Crippen LogP contribution in [0.25, 0.3) is 0 Å². The van der Waals surface area contributed by atoms with Crippen molar-refractivity contribution in [3.8, 4) is 0 Å². The van der Waals surface area contributed by atoms with Crippen LogP contribution in [0.1, 0.15) is 16.7 Å². The standard InChI is InChI=1S/C13H15NO4S3/c1-2-14(9-11-4-3-7-19-11)21(17,18)13-6-5-10(20-13)8-12(15)16/h3-7H,2,8-9H2,1H3,(H,15,16). The number of aliphatic carboxylic acids is 1. The fraction of sp³-hybridized carbons (Fsp3) is 0.308. The first-order valence-electron chi connectivity index (χ1n) is 6.26. The van der Waals surface area contributed by atoms with E-state index in [9.17, 15) is 13.2 Å². The van der Waals surface area contributed by atoms with Crippen molar-refractivity contribution in [2.45, 2.75) is 24.1 Å². The molecule has 0 atom stereocenters. The number of sulfonamides is 1. The van der Waals surface area contributed by atoms with Gasteiger partial charge in [-0.25, -0.2) is 8.42 Å². The van der Waals surface area contributed by atoms with Crippen molar-refractivity contribution >= 4 is 38.7 Å². The van der Waals surface area contributed by atoms with E-state index in [0.717, 1.165) is 16.2 Å². The van der Waals surface area contributed by atoms with E-state index < -0.39 is 16.0 Å². The van der Waals surface area contributed by atoms with Gasteiger partial charge < -0.3 is 5.11 Å². The Morgan fingerprint density at radius 1 is 1.29 bits per heavy atom. The average molecular weight is 345 g/mol. The van der Waals surface area contributed by atoms with Crippen LogP contribution < -0.4 is 0 Å². The molecule has 0 aliphatic rings. The van der Waals surface area contributed by atoms with Gasteiger partial charge in [0.15, 0.2) is 0 Å². The van der Waals surface area contributed by atoms with Crippen LogP contribution >= 0.6 is 22.7 Å². The van der Waals surface area contributed by atoms with E-state index in [-0.39, 0.29) is 10.6 Å². The second kappa shape index (κ2) is 6.69. The molecule has 2 aromatic rings. The lowest BCUT2D eigenvalue weighted by Crippen LogP contribution is -2.29. The molecule has 2 aromatic heterocycles. The topological polar surface area (TPSA) is 74.7 Å². The summed E-state index contributed by atoms with van der Waals surface area (Å²) in [4.78, 5) is 12.2. The van der Waals surface area contributed by atoms with Crippen LogP contribution in [-0.2, 0) is 27.8 Å². The summed E-state index contributed by atoms with van der Waals surface area (Å²) in [5, 5.41) is 10.7. The fourth-order valence-corrected chi connectivity index (χ4v) is 5.54. The summed E-state index contributed by atoms with van der Waals surface area (Å²) in [6.45, 7) is 2.49. The zero-order valence-corrected chi connectivity index (χ0v) is 13.8. The van der Waals surface area contributed by atoms with Crippen molar-refractivity contribution < 1.29 is 18.3 Å². The van der Waals surface area contributed by atoms with Crippen molar-refractivity contribution in [2.24, 2.45) is 0 Å². The van der Waals surface area contributed by atoms with Gasteiger partial charge in [0.1, 0.15) is 4.21 Å². The summed E-state index contributed by atoms with van der Waals surface area (Å²) in [6.07, 6.45) is -0.156. The second-order valence-corrected chi connectivity index (χ2v) is 8.67. The van der Waals surface area contributed by atoms with Crippen LogP contribution in [0.3, 0.4) is 0 Å². The van der Waals surface area contributed by atoms with Gasteiger partial charge in [-0.1, -0.05) is 13.0 Å². The zero-order valence-electron chi connectivity index (χ0n) is 11.4. The number of carboxylic acids is 1. The van der Waals surface area contributed by atoms with Crippen molar-refractivity contribution in [1.82, 2.24) is 4.31 Å². The molecule has 0 aliphatic carbocycles. The Morgan fingerprint density at radius 2 is 2.05 bits per heavy atom. The predicted molar refractivity (Wildman–Crippen MR) is 83.2 cm³/mol. The third-order valence-corrected chi connectivity index (χ3v) is 7.16. The molecule has 114 valence electrons. The molecule has 0 spiro atoms. The minimum absolute atomic E-state index is 0.156. The molecule has 0 aliphatic heterocycles. The van der Waals surface area contributed by atoms with Crippen molar-refractivity contribution in [3.05, 3.63) is 39.4 Å². The molecule has 0 saturated heterocycles. The van der Waals surface area contributed by atoms with Gasteiger partial charge in [-0.05, 0) is 23.6 Å². The molecule has 0 unspecified atom stereocenters. The largest absolute Gasteiger partial charge is 0.481 e. The smallest absolute Gasteiger partial charge is 0.308 e. The van der Waals surface area contributed by atoms with Gasteiger partial charge in [0.25, 0.3) is 10.0 Å². The average Bonchev–Trinajstić information content (AvgIpc) is 3.06. The highest BCUT2D eigenvalue weighted by molar-refractivity contribution is 7.91. The Morgan fingerprint density at radius 3 is 2.62 bits per heavy atom. The van der Waals surface area contributed by atoms with E-state index in [2.05, 4.69) is 0 Å². The normalized spacial score (nSPS) is 11.9. The zero-order chi connectivity index (χ0) is 15.5. The molecule has 0 amide bonds. The SMILES string of the molecule is CCN(Cc1cccs1)S(=O)(=O)c1ccc(CC(=O)O)s1. The summed E-state index contributed by atoms with van der Waals surface area (Å²) < 4.78 is 26.8. The van der Waals surface area contributed by atoms with Gasteiger partial charge in [0.2, 0.25) is 0 Å². The summed E-state index contributed by atoms with van der Waals surface area (Å²) >= 11 is 2.53. The number of thiophene rings is 2. The van der Waals surface area contributed by atoms with E-state index in [1.54, 1.807) is 13.0 Å². The maximum Gasteiger partial charge on any atom is 0.308 e. The first-order chi connectivity index (χ1) is 9.93. The van der Waals surface area contributed by atoms with Crippen LogP contribution in [0.4, 0.5) is 0 Å². The summed E-state index contributed by atoms with van der Waals surface area (Å²) in [5.41, 5.74) is 0. The Bertz CT molecular complexity index is 704. The summed E-state index contributed by atoms with van der Waals surface area (Å²) in [7, 11) is -3.58. The minimum atomic E-state index is -3.58. The van der Waals surface area contributed by atoms with Crippen LogP contribution in [-0.4, -0.2) is 30.3 Å². The third kappa shape index (κ3) is 3.91. The molecule has 1 N–H and O–H groups in total. The maximum atomic E-state index is 12.6. The van der Waals surface area contributed by atoms with Crippen LogP contribution in [0.5, 0.6) is 0 Å². The van der Waals surface area contributed by atoms with Crippen LogP contribution in [0.15, 0.2) is 33.9 Å². The van der Waals surface area contributed by atoms with E-state index >= 15 is 0 Å². The number of rotatable bonds is 7. The summed E-state index contributed by atoms with van der Waals surface area (Å²) in [6, 6.07) is 6.82. The lowest BCUT2D eigenvalue weighted by atomic mass is 10.3. The van der Waals surface area contributed by atoms with E-state index in [0.29, 0.717) is 18.0 Å². The number of carbonyl (C=O) groups is 1. The molecule has 21 heavy (non-hydrogen) atoms. The molecule has 0 fully saturated rings. The van der Waals surface area contributed by atoms with E-state index in [1.807, 2.05) is 17.5 Å². The lowest BCUT2D eigenvalue weighted by molar-refractivity contribution is -0.136. The van der Waals surface area contributed by atoms with Crippen molar-refractivity contribution in [2.75, 3.05) is 6.54 Å². The molecule has 0 bridgehead atoms. The molecular weight excluding hydrogens is 330 g/mol. The van der Waals surface area contributed by atoms with Crippen LogP contribution in [0.2, 0.25) is 0 Å². The number of carboxylic acid groups (broad SMARTS) is 1. The van der Waals surface area contributed by atoms with Gasteiger partial charge >= 0.3 is 5.97 Å².